The minimum atomic E-state index is -0.310. The highest BCUT2D eigenvalue weighted by atomic mass is 32.2. The van der Waals surface area contributed by atoms with Gasteiger partial charge < -0.3 is 20.1 Å². The van der Waals surface area contributed by atoms with Crippen LogP contribution in [0.1, 0.15) is 30.5 Å². The number of anilines is 1. The highest BCUT2D eigenvalue weighted by molar-refractivity contribution is 8.05. The Kier molecular flexibility index (Phi) is 7.75. The average Bonchev–Trinajstić information content (AvgIpc) is 3.18. The maximum Gasteiger partial charge on any atom is 0.260 e. The third-order valence-electron chi connectivity index (χ3n) is 5.30. The zero-order chi connectivity index (χ0) is 23.9. The zero-order valence-corrected chi connectivity index (χ0v) is 20.0. The van der Waals surface area contributed by atoms with Gasteiger partial charge in [-0.15, -0.1) is 0 Å². The Hall–Kier alpha value is -3.45. The van der Waals surface area contributed by atoms with Gasteiger partial charge in [-0.3, -0.25) is 4.79 Å². The lowest BCUT2D eigenvalue weighted by Gasteiger charge is -2.13. The molecular formula is C27H27FN2O3S. The summed E-state index contributed by atoms with van der Waals surface area (Å²) in [5, 5.41) is 6.28. The van der Waals surface area contributed by atoms with Crippen molar-refractivity contribution in [1.29, 1.82) is 0 Å². The number of aryl methyl sites for hydroxylation is 1. The molecule has 0 radical (unpaired) electrons. The first-order valence-electron chi connectivity index (χ1n) is 11.2. The van der Waals surface area contributed by atoms with Crippen LogP contribution in [-0.2, 0) is 17.8 Å². The third kappa shape index (κ3) is 5.91. The number of amides is 1. The molecule has 34 heavy (non-hydrogen) atoms. The predicted molar refractivity (Wildman–Crippen MR) is 135 cm³/mol. The van der Waals surface area contributed by atoms with E-state index in [-0.39, 0.29) is 23.8 Å². The van der Waals surface area contributed by atoms with Crippen LogP contribution in [0.15, 0.2) is 71.6 Å². The second kappa shape index (κ2) is 11.1. The topological polar surface area (TPSA) is 59.6 Å². The molecule has 1 aliphatic heterocycles. The Morgan fingerprint density at radius 3 is 2.56 bits per heavy atom. The van der Waals surface area contributed by atoms with E-state index in [2.05, 4.69) is 29.7 Å². The molecule has 0 bridgehead atoms. The van der Waals surface area contributed by atoms with Crippen molar-refractivity contribution in [3.8, 4) is 11.5 Å². The Morgan fingerprint density at radius 1 is 1.03 bits per heavy atom. The molecule has 1 fully saturated rings. The van der Waals surface area contributed by atoms with Gasteiger partial charge in [-0.05, 0) is 60.9 Å². The fraction of sp³-hybridized carbons (Fsp3) is 0.222. The number of benzene rings is 3. The summed E-state index contributed by atoms with van der Waals surface area (Å²) in [5.41, 5.74) is 3.25. The third-order valence-corrected chi connectivity index (χ3v) is 6.33. The summed E-state index contributed by atoms with van der Waals surface area (Å²) in [7, 11) is 0. The second-order valence-corrected chi connectivity index (χ2v) is 8.84. The highest BCUT2D eigenvalue weighted by Gasteiger charge is 2.27. The van der Waals surface area contributed by atoms with Crippen LogP contribution in [0.2, 0.25) is 0 Å². The van der Waals surface area contributed by atoms with Crippen molar-refractivity contribution in [1.82, 2.24) is 5.32 Å². The lowest BCUT2D eigenvalue weighted by atomic mass is 10.1. The van der Waals surface area contributed by atoms with Gasteiger partial charge in [0.15, 0.2) is 17.0 Å². The number of hydrogen-bond acceptors (Lipinski definition) is 5. The summed E-state index contributed by atoms with van der Waals surface area (Å²) in [6.07, 6.45) is 2.81. The molecule has 4 rings (SSSR count). The Labute approximate surface area is 203 Å². The van der Waals surface area contributed by atoms with Gasteiger partial charge in [0.05, 0.1) is 11.5 Å². The maximum absolute atomic E-state index is 13.9. The predicted octanol–water partition coefficient (Wildman–Crippen LogP) is 5.97. The van der Waals surface area contributed by atoms with Crippen molar-refractivity contribution in [2.45, 2.75) is 32.4 Å². The Morgan fingerprint density at radius 2 is 1.82 bits per heavy atom. The number of ether oxygens (including phenoxy) is 2. The number of halogens is 1. The molecule has 3 aromatic carbocycles. The molecule has 1 atom stereocenters. The SMILES string of the molecule is CCOc1cc(/C=C2/SC(Nc3ccc(CC)cc3)NC2=O)ccc1OCc1ccccc1F. The van der Waals surface area contributed by atoms with Crippen molar-refractivity contribution < 1.29 is 18.7 Å². The maximum atomic E-state index is 13.9. The fourth-order valence-corrected chi connectivity index (χ4v) is 4.46. The fourth-order valence-electron chi connectivity index (χ4n) is 3.48. The van der Waals surface area contributed by atoms with Gasteiger partial charge >= 0.3 is 0 Å². The van der Waals surface area contributed by atoms with Crippen LogP contribution >= 0.6 is 11.8 Å². The van der Waals surface area contributed by atoms with E-state index >= 15 is 0 Å². The molecule has 2 N–H and O–H groups in total. The molecule has 7 heteroatoms. The zero-order valence-electron chi connectivity index (χ0n) is 19.1. The van der Waals surface area contributed by atoms with Crippen molar-refractivity contribution in [3.63, 3.8) is 0 Å². The van der Waals surface area contributed by atoms with E-state index in [9.17, 15) is 9.18 Å². The van der Waals surface area contributed by atoms with Crippen molar-refractivity contribution in [2.24, 2.45) is 0 Å². The van der Waals surface area contributed by atoms with Gasteiger partial charge in [0.1, 0.15) is 12.4 Å². The summed E-state index contributed by atoms with van der Waals surface area (Å²) in [4.78, 5) is 13.1. The molecule has 1 aliphatic rings. The standard InChI is InChI=1S/C27H27FN2O3S/c1-3-18-9-12-21(13-10-18)29-27-30-26(31)25(34-27)16-19-11-14-23(24(15-19)32-4-2)33-17-20-7-5-6-8-22(20)28/h5-16,27,29H,3-4,17H2,1-2H3,(H,30,31)/b25-16+. The van der Waals surface area contributed by atoms with Gasteiger partial charge in [-0.2, -0.15) is 0 Å². The highest BCUT2D eigenvalue weighted by Crippen LogP contribution is 2.34. The van der Waals surface area contributed by atoms with E-state index in [4.69, 9.17) is 9.47 Å². The lowest BCUT2D eigenvalue weighted by Crippen LogP contribution is -2.30. The normalized spacial score (nSPS) is 16.4. The van der Waals surface area contributed by atoms with Crippen molar-refractivity contribution >= 4 is 29.4 Å². The smallest absolute Gasteiger partial charge is 0.260 e. The summed E-state index contributed by atoms with van der Waals surface area (Å²) in [6.45, 7) is 4.55. The van der Waals surface area contributed by atoms with Gasteiger partial charge in [-0.25, -0.2) is 4.39 Å². The van der Waals surface area contributed by atoms with Crippen LogP contribution in [-0.4, -0.2) is 18.0 Å². The monoisotopic (exact) mass is 478 g/mol. The van der Waals surface area contributed by atoms with Crippen LogP contribution in [0, 0.1) is 5.82 Å². The number of hydrogen-bond donors (Lipinski definition) is 2. The largest absolute Gasteiger partial charge is 0.490 e. The van der Waals surface area contributed by atoms with E-state index in [1.165, 1.54) is 23.4 Å². The Bertz CT molecular complexity index is 1180. The van der Waals surface area contributed by atoms with E-state index in [0.717, 1.165) is 17.7 Å². The average molecular weight is 479 g/mol. The molecule has 0 aromatic heterocycles. The summed E-state index contributed by atoms with van der Waals surface area (Å²) < 4.78 is 25.5. The van der Waals surface area contributed by atoms with E-state index in [1.807, 2.05) is 37.3 Å². The summed E-state index contributed by atoms with van der Waals surface area (Å²) >= 11 is 1.43. The van der Waals surface area contributed by atoms with Crippen LogP contribution in [0.5, 0.6) is 11.5 Å². The molecule has 1 saturated heterocycles. The lowest BCUT2D eigenvalue weighted by molar-refractivity contribution is -0.116. The van der Waals surface area contributed by atoms with Crippen LogP contribution < -0.4 is 20.1 Å². The first-order chi connectivity index (χ1) is 16.6. The van der Waals surface area contributed by atoms with E-state index < -0.39 is 0 Å². The molecule has 0 aliphatic carbocycles. The second-order valence-electron chi connectivity index (χ2n) is 7.69. The first kappa shape index (κ1) is 23.7. The molecule has 0 saturated carbocycles. The molecule has 176 valence electrons. The Balaban J connectivity index is 1.45. The molecule has 1 unspecified atom stereocenters. The molecule has 1 heterocycles. The van der Waals surface area contributed by atoms with Crippen LogP contribution in [0.25, 0.3) is 6.08 Å². The van der Waals surface area contributed by atoms with Crippen LogP contribution in [0.3, 0.4) is 0 Å². The van der Waals surface area contributed by atoms with Crippen molar-refractivity contribution in [2.75, 3.05) is 11.9 Å². The van der Waals surface area contributed by atoms with Crippen molar-refractivity contribution in [3.05, 3.63) is 94.1 Å². The van der Waals surface area contributed by atoms with Gasteiger partial charge in [-0.1, -0.05) is 55.1 Å². The number of thioether (sulfide) groups is 1. The molecular weight excluding hydrogens is 451 g/mol. The van der Waals surface area contributed by atoms with Crippen LogP contribution in [0.4, 0.5) is 10.1 Å². The summed E-state index contributed by atoms with van der Waals surface area (Å²) in [5.74, 6) is 0.620. The first-order valence-corrected chi connectivity index (χ1v) is 12.1. The number of rotatable bonds is 9. The quantitative estimate of drug-likeness (QED) is 0.371. The minimum Gasteiger partial charge on any atom is -0.490 e. The van der Waals surface area contributed by atoms with Gasteiger partial charge in [0.25, 0.3) is 5.91 Å². The number of nitrogens with one attached hydrogen (secondary N) is 2. The van der Waals surface area contributed by atoms with Gasteiger partial charge in [0.2, 0.25) is 0 Å². The summed E-state index contributed by atoms with van der Waals surface area (Å²) in [6, 6.07) is 20.1. The molecule has 5 nitrogen and oxygen atoms in total. The minimum absolute atomic E-state index is 0.0953. The van der Waals surface area contributed by atoms with E-state index in [0.29, 0.717) is 28.6 Å². The number of carbonyl (C=O) groups excluding carboxylic acids is 1. The molecule has 0 spiro atoms. The molecule has 1 amide bonds. The van der Waals surface area contributed by atoms with Gasteiger partial charge in [0, 0.05) is 11.3 Å². The molecule has 3 aromatic rings. The number of carbonyl (C=O) groups is 1. The van der Waals surface area contributed by atoms with E-state index in [1.54, 1.807) is 24.3 Å².